The van der Waals surface area contributed by atoms with Crippen LogP contribution in [0.15, 0.2) is 119 Å². The highest BCUT2D eigenvalue weighted by Gasteiger charge is 2.34. The van der Waals surface area contributed by atoms with E-state index in [-0.39, 0.29) is 12.0 Å². The summed E-state index contributed by atoms with van der Waals surface area (Å²) in [5, 5.41) is 20.5. The number of nitrogens with zero attached hydrogens (tertiary/aromatic N) is 8. The fraction of sp³-hybridized carbons (Fsp3) is 0.358. The second kappa shape index (κ2) is 17.2. The molecule has 11 rings (SSSR count). The van der Waals surface area contributed by atoms with E-state index in [1.165, 1.54) is 63.5 Å². The molecule has 3 aliphatic heterocycles. The number of thiophene rings is 1. The maximum atomic E-state index is 10.3. The molecule has 6 heterocycles. The van der Waals surface area contributed by atoms with Crippen molar-refractivity contribution < 1.29 is 9.52 Å². The smallest absolute Gasteiger partial charge is 0.196 e. The number of aliphatic imine (C=N–C) groups is 1. The van der Waals surface area contributed by atoms with Crippen LogP contribution in [0, 0.1) is 26.7 Å². The minimum atomic E-state index is -0.278. The van der Waals surface area contributed by atoms with E-state index in [1.54, 1.807) is 23.8 Å². The van der Waals surface area contributed by atoms with Gasteiger partial charge < -0.3 is 19.3 Å². The minimum absolute atomic E-state index is 0.271. The average Bonchev–Trinajstić information content (AvgIpc) is 4.04. The highest BCUT2D eigenvalue weighted by atomic mass is 32.1. The molecule has 10 nitrogen and oxygen atoms in total. The van der Waals surface area contributed by atoms with Crippen LogP contribution in [0.3, 0.4) is 0 Å². The van der Waals surface area contributed by atoms with Gasteiger partial charge in [0.2, 0.25) is 0 Å². The van der Waals surface area contributed by atoms with E-state index in [1.807, 2.05) is 19.1 Å². The first-order valence-corrected chi connectivity index (χ1v) is 23.9. The molecule has 64 heavy (non-hydrogen) atoms. The van der Waals surface area contributed by atoms with Gasteiger partial charge in [0, 0.05) is 79.1 Å². The summed E-state index contributed by atoms with van der Waals surface area (Å²) in [5.41, 5.74) is 12.5. The summed E-state index contributed by atoms with van der Waals surface area (Å²) in [5.74, 6) is 4.09. The van der Waals surface area contributed by atoms with Crippen molar-refractivity contribution in [3.63, 3.8) is 0 Å². The summed E-state index contributed by atoms with van der Waals surface area (Å²) in [6.07, 6.45) is 8.31. The molecule has 4 aromatic carbocycles. The molecular formula is C53H56N8O2S. The molecule has 0 amide bonds. The number of anilines is 2. The number of aryl methyl sites for hydroxylation is 3. The number of aromatic hydroxyl groups is 1. The molecule has 0 saturated carbocycles. The molecule has 3 atom stereocenters. The zero-order valence-electron chi connectivity index (χ0n) is 37.0. The van der Waals surface area contributed by atoms with Crippen LogP contribution in [-0.2, 0) is 12.8 Å². The molecule has 4 aliphatic rings. The monoisotopic (exact) mass is 868 g/mol. The summed E-state index contributed by atoms with van der Waals surface area (Å²) < 4.78 is 7.88. The first kappa shape index (κ1) is 40.7. The van der Waals surface area contributed by atoms with Gasteiger partial charge in [0.25, 0.3) is 0 Å². The third-order valence-corrected chi connectivity index (χ3v) is 15.7. The molecule has 0 radical (unpaired) electrons. The summed E-state index contributed by atoms with van der Waals surface area (Å²) in [6.45, 7) is 14.1. The molecular weight excluding hydrogens is 813 g/mol. The zero-order valence-corrected chi connectivity index (χ0v) is 37.8. The maximum absolute atomic E-state index is 10.3. The Balaban J connectivity index is 0.717. The van der Waals surface area contributed by atoms with E-state index >= 15 is 0 Å². The lowest BCUT2D eigenvalue weighted by atomic mass is 9.69. The van der Waals surface area contributed by atoms with Gasteiger partial charge in [0.15, 0.2) is 11.7 Å². The summed E-state index contributed by atoms with van der Waals surface area (Å²) >= 11 is 1.78. The van der Waals surface area contributed by atoms with Crippen LogP contribution >= 0.6 is 11.3 Å². The van der Waals surface area contributed by atoms with E-state index in [9.17, 15) is 5.11 Å². The van der Waals surface area contributed by atoms with Crippen molar-refractivity contribution in [2.45, 2.75) is 70.8 Å². The fourth-order valence-corrected chi connectivity index (χ4v) is 12.2. The van der Waals surface area contributed by atoms with Gasteiger partial charge in [-0.15, -0.1) is 21.5 Å². The number of phenols is 1. The summed E-state index contributed by atoms with van der Waals surface area (Å²) in [7, 11) is 0. The maximum Gasteiger partial charge on any atom is 0.196 e. The predicted octanol–water partition coefficient (Wildman–Crippen LogP) is 9.98. The Morgan fingerprint density at radius 3 is 2.23 bits per heavy atom. The molecule has 326 valence electrons. The largest absolute Gasteiger partial charge is 0.508 e. The second-order valence-electron chi connectivity index (χ2n) is 18.3. The van der Waals surface area contributed by atoms with Gasteiger partial charge in [-0.3, -0.25) is 14.5 Å². The lowest BCUT2D eigenvalue weighted by Crippen LogP contribution is -2.49. The third-order valence-electron chi connectivity index (χ3n) is 14.5. The third kappa shape index (κ3) is 7.72. The molecule has 11 heteroatoms. The van der Waals surface area contributed by atoms with Gasteiger partial charge in [-0.05, 0) is 123 Å². The van der Waals surface area contributed by atoms with Gasteiger partial charge in [-0.1, -0.05) is 60.7 Å². The van der Waals surface area contributed by atoms with Crippen molar-refractivity contribution >= 4 is 28.4 Å². The molecule has 1 aliphatic carbocycles. The topological polar surface area (TPSA) is 99.1 Å². The van der Waals surface area contributed by atoms with Gasteiger partial charge in [0.1, 0.15) is 28.9 Å². The van der Waals surface area contributed by atoms with Crippen molar-refractivity contribution in [3.05, 3.63) is 171 Å². The second-order valence-corrected chi connectivity index (χ2v) is 19.5. The van der Waals surface area contributed by atoms with Gasteiger partial charge in [-0.2, -0.15) is 0 Å². The van der Waals surface area contributed by atoms with Crippen LogP contribution in [0.4, 0.5) is 11.4 Å². The lowest BCUT2D eigenvalue weighted by molar-refractivity contribution is 0.201. The Labute approximate surface area is 379 Å². The van der Waals surface area contributed by atoms with Crippen molar-refractivity contribution in [1.29, 1.82) is 0 Å². The number of benzene rings is 4. The highest BCUT2D eigenvalue weighted by molar-refractivity contribution is 7.15. The van der Waals surface area contributed by atoms with Crippen molar-refractivity contribution in [2.75, 3.05) is 55.6 Å². The average molecular weight is 869 g/mol. The molecule has 2 saturated heterocycles. The summed E-state index contributed by atoms with van der Waals surface area (Å²) in [4.78, 5) is 19.0. The molecule has 0 spiro atoms. The lowest BCUT2D eigenvalue weighted by Gasteiger charge is -2.40. The Morgan fingerprint density at radius 1 is 0.766 bits per heavy atom. The number of phenolic OH excluding ortho intramolecular Hbond substituents is 1. The Bertz CT molecular complexity index is 2760. The van der Waals surface area contributed by atoms with Crippen LogP contribution < -0.4 is 9.80 Å². The van der Waals surface area contributed by atoms with E-state index in [0.29, 0.717) is 29.9 Å². The number of aromatic nitrogens is 4. The number of hydrogen-bond donors (Lipinski definition) is 1. The van der Waals surface area contributed by atoms with Crippen molar-refractivity contribution in [1.82, 2.24) is 24.6 Å². The number of piperidine rings is 1. The number of oxazole rings is 1. The Morgan fingerprint density at radius 2 is 1.50 bits per heavy atom. The molecule has 0 bridgehead atoms. The SMILES string of the molecule is Cc1sc2c(c1C)C(c1ccc(N3CCC(CN4CCN(c5ccc([C@@H]6c7ccc(O)cc7CC[C@@H]6c6ccccc6)cc5)CC4)CC3)cc1)=N[C@@H](Cc1ncco1)c1nnc(C)n1-2. The Hall–Kier alpha value is -6.04. The number of hydrogen-bond acceptors (Lipinski definition) is 10. The highest BCUT2D eigenvalue weighted by Crippen LogP contribution is 2.47. The zero-order chi connectivity index (χ0) is 43.3. The normalized spacial score (nSPS) is 20.4. The number of fused-ring (bicyclic) bond motifs is 4. The first-order valence-electron chi connectivity index (χ1n) is 23.1. The molecule has 1 N–H and O–H groups in total. The summed E-state index contributed by atoms with van der Waals surface area (Å²) in [6, 6.07) is 35.2. The van der Waals surface area contributed by atoms with E-state index in [0.717, 1.165) is 85.6 Å². The van der Waals surface area contributed by atoms with E-state index in [4.69, 9.17) is 9.41 Å². The van der Waals surface area contributed by atoms with Crippen molar-refractivity contribution in [2.24, 2.45) is 10.9 Å². The standard InChI is InChI=1S/C53H56N8O2S/c1-34-35(2)64-53-49(34)51(55-47(32-48-54-23-30-63-48)52-57-56-36(3)61(52)53)40-11-16-42(17-12-40)59-24-21-37(22-25-59)33-58-26-28-60(29-27-58)43-14-9-39(10-15-43)50-45(38-7-5-4-6-8-38)19-13-41-31-44(62)18-20-46(41)50/h4-12,14-18,20,23,30-31,37,45,47,50,62H,13,19,21-22,24-29,32-33H2,1-3H3/t45-,47+,50+/m1/s1. The molecule has 3 aromatic heterocycles. The van der Waals surface area contributed by atoms with E-state index in [2.05, 4.69) is 133 Å². The molecule has 0 unspecified atom stereocenters. The van der Waals surface area contributed by atoms with Gasteiger partial charge in [-0.25, -0.2) is 4.98 Å². The first-order chi connectivity index (χ1) is 31.3. The number of piperazine rings is 1. The van der Waals surface area contributed by atoms with Crippen LogP contribution in [0.2, 0.25) is 0 Å². The van der Waals surface area contributed by atoms with Crippen LogP contribution in [0.1, 0.15) is 98.5 Å². The quantitative estimate of drug-likeness (QED) is 0.153. The van der Waals surface area contributed by atoms with Gasteiger partial charge >= 0.3 is 0 Å². The van der Waals surface area contributed by atoms with Gasteiger partial charge in [0.05, 0.1) is 18.3 Å². The van der Waals surface area contributed by atoms with Crippen molar-refractivity contribution in [3.8, 4) is 10.8 Å². The molecule has 7 aromatic rings. The molecule has 2 fully saturated rings. The van der Waals surface area contributed by atoms with E-state index < -0.39 is 0 Å². The van der Waals surface area contributed by atoms with Crippen LogP contribution in [0.25, 0.3) is 5.00 Å². The Kier molecular flexibility index (Phi) is 10.9. The van der Waals surface area contributed by atoms with Crippen LogP contribution in [-0.4, -0.2) is 81.3 Å². The predicted molar refractivity (Wildman–Crippen MR) is 256 cm³/mol. The minimum Gasteiger partial charge on any atom is -0.508 e. The number of rotatable bonds is 9. The fourth-order valence-electron chi connectivity index (χ4n) is 11.0. The van der Waals surface area contributed by atoms with Crippen LogP contribution in [0.5, 0.6) is 5.75 Å².